The normalized spacial score (nSPS) is 19.7. The number of carbonyl (C=O) groups is 1. The van der Waals surface area contributed by atoms with Gasteiger partial charge in [0.25, 0.3) is 0 Å². The number of carbonyl (C=O) groups excluding carboxylic acids is 1. The molecular weight excluding hydrogens is 246 g/mol. The SMILES string of the molecule is CC(C)C(=O)OC[C@@H]1C/C1=C/n1ccc(N)nc1=O. The molecule has 1 aliphatic rings. The van der Waals surface area contributed by atoms with Crippen LogP contribution in [0, 0.1) is 11.8 Å². The smallest absolute Gasteiger partial charge is 0.353 e. The molecule has 1 aromatic heterocycles. The highest BCUT2D eigenvalue weighted by molar-refractivity contribution is 5.71. The largest absolute Gasteiger partial charge is 0.465 e. The molecule has 0 radical (unpaired) electrons. The Kier molecular flexibility index (Phi) is 3.69. The van der Waals surface area contributed by atoms with Gasteiger partial charge in [-0.15, -0.1) is 0 Å². The van der Waals surface area contributed by atoms with E-state index >= 15 is 0 Å². The minimum atomic E-state index is -0.405. The predicted octanol–water partition coefficient (Wildman–Crippen LogP) is 0.885. The molecule has 102 valence electrons. The summed E-state index contributed by atoms with van der Waals surface area (Å²) in [6, 6.07) is 1.56. The fourth-order valence-electron chi connectivity index (χ4n) is 1.60. The van der Waals surface area contributed by atoms with E-state index in [-0.39, 0.29) is 23.6 Å². The van der Waals surface area contributed by atoms with Gasteiger partial charge in [-0.1, -0.05) is 13.8 Å². The number of nitrogens with zero attached hydrogens (tertiary/aromatic N) is 2. The highest BCUT2D eigenvalue weighted by Crippen LogP contribution is 2.38. The zero-order chi connectivity index (χ0) is 14.0. The first-order chi connectivity index (χ1) is 8.97. The molecule has 0 amide bonds. The van der Waals surface area contributed by atoms with E-state index in [1.165, 1.54) is 4.57 Å². The summed E-state index contributed by atoms with van der Waals surface area (Å²) in [7, 11) is 0. The third-order valence-electron chi connectivity index (χ3n) is 2.90. The summed E-state index contributed by atoms with van der Waals surface area (Å²) in [6.45, 7) is 3.97. The molecule has 0 bridgehead atoms. The van der Waals surface area contributed by atoms with Crippen molar-refractivity contribution in [3.8, 4) is 0 Å². The van der Waals surface area contributed by atoms with Crippen LogP contribution in [-0.4, -0.2) is 22.1 Å². The zero-order valence-corrected chi connectivity index (χ0v) is 11.0. The molecule has 0 saturated heterocycles. The summed E-state index contributed by atoms with van der Waals surface area (Å²) in [5, 5.41) is 0. The van der Waals surface area contributed by atoms with Crippen LogP contribution in [0.25, 0.3) is 6.20 Å². The summed E-state index contributed by atoms with van der Waals surface area (Å²) >= 11 is 0. The van der Waals surface area contributed by atoms with Crippen LogP contribution in [0.4, 0.5) is 5.82 Å². The molecule has 19 heavy (non-hydrogen) atoms. The van der Waals surface area contributed by atoms with Crippen LogP contribution < -0.4 is 11.4 Å². The molecular formula is C13H17N3O3. The van der Waals surface area contributed by atoms with Crippen molar-refractivity contribution in [2.45, 2.75) is 20.3 Å². The van der Waals surface area contributed by atoms with Crippen molar-refractivity contribution >= 4 is 18.0 Å². The molecule has 1 atom stereocenters. The summed E-state index contributed by atoms with van der Waals surface area (Å²) in [4.78, 5) is 26.5. The Morgan fingerprint density at radius 1 is 1.68 bits per heavy atom. The molecule has 2 rings (SSSR count). The number of ether oxygens (including phenoxy) is 1. The summed E-state index contributed by atoms with van der Waals surface area (Å²) in [5.74, 6) is 0.109. The number of hydrogen-bond acceptors (Lipinski definition) is 5. The Balaban J connectivity index is 1.93. The van der Waals surface area contributed by atoms with E-state index in [0.29, 0.717) is 6.61 Å². The number of hydrogen-bond donors (Lipinski definition) is 1. The highest BCUT2D eigenvalue weighted by Gasteiger charge is 2.31. The van der Waals surface area contributed by atoms with Gasteiger partial charge in [-0.2, -0.15) is 4.98 Å². The van der Waals surface area contributed by atoms with E-state index in [1.54, 1.807) is 32.3 Å². The van der Waals surface area contributed by atoms with Crippen LogP contribution in [0.5, 0.6) is 0 Å². The lowest BCUT2D eigenvalue weighted by atomic mass is 10.2. The Labute approximate surface area is 110 Å². The quantitative estimate of drug-likeness (QED) is 0.815. The van der Waals surface area contributed by atoms with Crippen molar-refractivity contribution in [1.82, 2.24) is 9.55 Å². The molecule has 1 fully saturated rings. The van der Waals surface area contributed by atoms with Crippen molar-refractivity contribution in [1.29, 1.82) is 0 Å². The lowest BCUT2D eigenvalue weighted by Gasteiger charge is -2.05. The molecule has 2 N–H and O–H groups in total. The van der Waals surface area contributed by atoms with Gasteiger partial charge in [0.05, 0.1) is 12.5 Å². The second kappa shape index (κ2) is 5.26. The number of nitrogens with two attached hydrogens (primary N) is 1. The number of anilines is 1. The lowest BCUT2D eigenvalue weighted by Crippen LogP contribution is -2.19. The van der Waals surface area contributed by atoms with Crippen LogP contribution in [0.3, 0.4) is 0 Å². The topological polar surface area (TPSA) is 87.2 Å². The fraction of sp³-hybridized carbons (Fsp3) is 0.462. The molecule has 1 aliphatic carbocycles. The third kappa shape index (κ3) is 3.43. The molecule has 6 nitrogen and oxygen atoms in total. The van der Waals surface area contributed by atoms with Gasteiger partial charge in [-0.25, -0.2) is 4.79 Å². The van der Waals surface area contributed by atoms with Crippen molar-refractivity contribution in [3.05, 3.63) is 28.3 Å². The van der Waals surface area contributed by atoms with E-state index < -0.39 is 5.69 Å². The van der Waals surface area contributed by atoms with Crippen LogP contribution in [0.2, 0.25) is 0 Å². The minimum Gasteiger partial charge on any atom is -0.465 e. The maximum Gasteiger partial charge on any atom is 0.353 e. The van der Waals surface area contributed by atoms with Crippen molar-refractivity contribution in [2.24, 2.45) is 11.8 Å². The minimum absolute atomic E-state index is 0.116. The first-order valence-corrected chi connectivity index (χ1v) is 6.19. The molecule has 6 heteroatoms. The van der Waals surface area contributed by atoms with Gasteiger partial charge < -0.3 is 10.5 Å². The second-order valence-electron chi connectivity index (χ2n) is 4.93. The van der Waals surface area contributed by atoms with Gasteiger partial charge >= 0.3 is 11.7 Å². The maximum atomic E-state index is 11.5. The molecule has 1 aromatic rings. The zero-order valence-electron chi connectivity index (χ0n) is 11.0. The second-order valence-corrected chi connectivity index (χ2v) is 4.93. The first-order valence-electron chi connectivity index (χ1n) is 6.19. The average molecular weight is 263 g/mol. The third-order valence-corrected chi connectivity index (χ3v) is 2.90. The fourth-order valence-corrected chi connectivity index (χ4v) is 1.60. The Bertz CT molecular complexity index is 575. The number of esters is 1. The van der Waals surface area contributed by atoms with Gasteiger partial charge in [0.15, 0.2) is 0 Å². The summed E-state index contributed by atoms with van der Waals surface area (Å²) < 4.78 is 6.53. The summed E-state index contributed by atoms with van der Waals surface area (Å²) in [5.41, 5.74) is 6.08. The van der Waals surface area contributed by atoms with E-state index in [2.05, 4.69) is 4.98 Å². The van der Waals surface area contributed by atoms with Gasteiger partial charge in [0.2, 0.25) is 0 Å². The standard InChI is InChI=1S/C13H17N3O3/c1-8(2)12(17)19-7-10-5-9(10)6-16-4-3-11(14)15-13(16)18/h3-4,6,8,10H,5,7H2,1-2H3,(H2,14,15,18)/b9-6-/t10-/m0/s1. The van der Waals surface area contributed by atoms with Crippen LogP contribution in [-0.2, 0) is 9.53 Å². The number of aromatic nitrogens is 2. The van der Waals surface area contributed by atoms with E-state index in [4.69, 9.17) is 10.5 Å². The Morgan fingerprint density at radius 2 is 2.42 bits per heavy atom. The van der Waals surface area contributed by atoms with Crippen molar-refractivity contribution < 1.29 is 9.53 Å². The van der Waals surface area contributed by atoms with Crippen LogP contribution in [0.15, 0.2) is 22.6 Å². The van der Waals surface area contributed by atoms with E-state index in [0.717, 1.165) is 12.0 Å². The number of nitrogen functional groups attached to an aromatic ring is 1. The lowest BCUT2D eigenvalue weighted by molar-refractivity contribution is -0.147. The van der Waals surface area contributed by atoms with Crippen molar-refractivity contribution in [2.75, 3.05) is 12.3 Å². The molecule has 0 aliphatic heterocycles. The monoisotopic (exact) mass is 263 g/mol. The first kappa shape index (κ1) is 13.3. The summed E-state index contributed by atoms with van der Waals surface area (Å²) in [6.07, 6.45) is 4.14. The maximum absolute atomic E-state index is 11.5. The van der Waals surface area contributed by atoms with E-state index in [1.807, 2.05) is 0 Å². The average Bonchev–Trinajstić information content (AvgIpc) is 3.08. The molecule has 1 heterocycles. The van der Waals surface area contributed by atoms with Gasteiger partial charge in [-0.3, -0.25) is 9.36 Å². The van der Waals surface area contributed by atoms with Crippen LogP contribution in [0.1, 0.15) is 20.3 Å². The van der Waals surface area contributed by atoms with Gasteiger partial charge in [0, 0.05) is 18.3 Å². The van der Waals surface area contributed by atoms with Crippen molar-refractivity contribution in [3.63, 3.8) is 0 Å². The van der Waals surface area contributed by atoms with Crippen LogP contribution >= 0.6 is 0 Å². The molecule has 1 saturated carbocycles. The highest BCUT2D eigenvalue weighted by atomic mass is 16.5. The molecule has 0 unspecified atom stereocenters. The predicted molar refractivity (Wildman–Crippen MR) is 71.1 cm³/mol. The van der Waals surface area contributed by atoms with Gasteiger partial charge in [-0.05, 0) is 18.1 Å². The Morgan fingerprint density at radius 3 is 3.05 bits per heavy atom. The Hall–Kier alpha value is -2.11. The van der Waals surface area contributed by atoms with E-state index in [9.17, 15) is 9.59 Å². The van der Waals surface area contributed by atoms with Gasteiger partial charge in [0.1, 0.15) is 5.82 Å². The molecule has 0 aromatic carbocycles. The number of rotatable bonds is 4. The molecule has 0 spiro atoms.